The second-order valence-corrected chi connectivity index (χ2v) is 5.39. The van der Waals surface area contributed by atoms with Crippen molar-refractivity contribution < 1.29 is 14.2 Å². The lowest BCUT2D eigenvalue weighted by Gasteiger charge is -2.26. The summed E-state index contributed by atoms with van der Waals surface area (Å²) in [5.41, 5.74) is 1.17. The maximum Gasteiger partial charge on any atom is 0.231 e. The second-order valence-electron chi connectivity index (χ2n) is 4.09. The van der Waals surface area contributed by atoms with Crippen molar-refractivity contribution in [2.45, 2.75) is 23.8 Å². The summed E-state index contributed by atoms with van der Waals surface area (Å²) in [7, 11) is 0. The standard InChI is InChI=1S/C12H13BrO3/c13-9-3-4-14-11(6-9)8-1-2-10-12(5-8)16-7-15-10/h1-2,5,9,11H,3-4,6-7H2. The van der Waals surface area contributed by atoms with Crippen LogP contribution in [0.5, 0.6) is 11.5 Å². The molecule has 0 radical (unpaired) electrons. The summed E-state index contributed by atoms with van der Waals surface area (Å²) in [6, 6.07) is 6.04. The number of fused-ring (bicyclic) bond motifs is 1. The molecule has 0 amide bonds. The molecule has 2 aliphatic rings. The van der Waals surface area contributed by atoms with Crippen LogP contribution in [0.25, 0.3) is 0 Å². The number of benzene rings is 1. The molecule has 2 heterocycles. The lowest BCUT2D eigenvalue weighted by atomic mass is 10.0. The molecule has 1 fully saturated rings. The van der Waals surface area contributed by atoms with Gasteiger partial charge in [-0.1, -0.05) is 22.0 Å². The number of hydrogen-bond acceptors (Lipinski definition) is 3. The molecule has 86 valence electrons. The van der Waals surface area contributed by atoms with E-state index in [2.05, 4.69) is 22.0 Å². The van der Waals surface area contributed by atoms with E-state index in [1.807, 2.05) is 12.1 Å². The van der Waals surface area contributed by atoms with Gasteiger partial charge in [0.15, 0.2) is 11.5 Å². The quantitative estimate of drug-likeness (QED) is 0.742. The van der Waals surface area contributed by atoms with Gasteiger partial charge in [-0.3, -0.25) is 0 Å². The van der Waals surface area contributed by atoms with Gasteiger partial charge >= 0.3 is 0 Å². The average molecular weight is 285 g/mol. The molecule has 0 N–H and O–H groups in total. The molecule has 1 saturated heterocycles. The molecule has 2 unspecified atom stereocenters. The fourth-order valence-corrected chi connectivity index (χ4v) is 2.63. The van der Waals surface area contributed by atoms with Crippen molar-refractivity contribution in [2.75, 3.05) is 13.4 Å². The zero-order chi connectivity index (χ0) is 11.0. The van der Waals surface area contributed by atoms with Gasteiger partial charge in [-0.25, -0.2) is 0 Å². The van der Waals surface area contributed by atoms with E-state index in [4.69, 9.17) is 14.2 Å². The Morgan fingerprint density at radius 2 is 2.06 bits per heavy atom. The topological polar surface area (TPSA) is 27.7 Å². The number of halogens is 1. The first-order valence-electron chi connectivity index (χ1n) is 5.48. The third-order valence-corrected chi connectivity index (χ3v) is 3.82. The fraction of sp³-hybridized carbons (Fsp3) is 0.500. The lowest BCUT2D eigenvalue weighted by Crippen LogP contribution is -2.19. The highest BCUT2D eigenvalue weighted by molar-refractivity contribution is 9.09. The Morgan fingerprint density at radius 1 is 1.19 bits per heavy atom. The zero-order valence-corrected chi connectivity index (χ0v) is 10.4. The van der Waals surface area contributed by atoms with E-state index in [0.29, 0.717) is 11.6 Å². The van der Waals surface area contributed by atoms with Crippen molar-refractivity contribution in [1.29, 1.82) is 0 Å². The molecule has 0 bridgehead atoms. The van der Waals surface area contributed by atoms with Crippen LogP contribution < -0.4 is 9.47 Å². The molecule has 4 heteroatoms. The summed E-state index contributed by atoms with van der Waals surface area (Å²) in [6.07, 6.45) is 2.27. The Hall–Kier alpha value is -0.740. The van der Waals surface area contributed by atoms with Crippen LogP contribution in [0.4, 0.5) is 0 Å². The van der Waals surface area contributed by atoms with E-state index in [1.54, 1.807) is 0 Å². The van der Waals surface area contributed by atoms with Gasteiger partial charge in [-0.2, -0.15) is 0 Å². The van der Waals surface area contributed by atoms with Gasteiger partial charge in [0.25, 0.3) is 0 Å². The van der Waals surface area contributed by atoms with E-state index in [9.17, 15) is 0 Å². The van der Waals surface area contributed by atoms with Crippen LogP contribution in [0, 0.1) is 0 Å². The first kappa shape index (κ1) is 10.4. The van der Waals surface area contributed by atoms with Crippen molar-refractivity contribution in [3.8, 4) is 11.5 Å². The number of alkyl halides is 1. The summed E-state index contributed by atoms with van der Waals surface area (Å²) in [5.74, 6) is 1.66. The molecular formula is C12H13BrO3. The number of ether oxygens (including phenoxy) is 3. The fourth-order valence-electron chi connectivity index (χ4n) is 2.10. The van der Waals surface area contributed by atoms with Gasteiger partial charge in [0, 0.05) is 11.4 Å². The Labute approximate surface area is 103 Å². The minimum Gasteiger partial charge on any atom is -0.454 e. The largest absolute Gasteiger partial charge is 0.454 e. The smallest absolute Gasteiger partial charge is 0.231 e. The number of hydrogen-bond donors (Lipinski definition) is 0. The molecule has 3 rings (SSSR count). The lowest BCUT2D eigenvalue weighted by molar-refractivity contribution is 0.0186. The van der Waals surface area contributed by atoms with Crippen molar-refractivity contribution >= 4 is 15.9 Å². The summed E-state index contributed by atoms with van der Waals surface area (Å²) < 4.78 is 16.4. The first-order valence-corrected chi connectivity index (χ1v) is 6.40. The maximum absolute atomic E-state index is 5.77. The van der Waals surface area contributed by atoms with Gasteiger partial charge < -0.3 is 14.2 Å². The Bertz CT molecular complexity index is 394. The van der Waals surface area contributed by atoms with Crippen LogP contribution >= 0.6 is 15.9 Å². The molecule has 2 atom stereocenters. The second kappa shape index (κ2) is 4.26. The molecule has 1 aromatic rings. The van der Waals surface area contributed by atoms with E-state index >= 15 is 0 Å². The van der Waals surface area contributed by atoms with Crippen LogP contribution in [-0.2, 0) is 4.74 Å². The first-order chi connectivity index (χ1) is 7.83. The zero-order valence-electron chi connectivity index (χ0n) is 8.82. The minimum absolute atomic E-state index is 0.174. The van der Waals surface area contributed by atoms with Crippen molar-refractivity contribution in [3.63, 3.8) is 0 Å². The van der Waals surface area contributed by atoms with E-state index in [1.165, 1.54) is 5.56 Å². The van der Waals surface area contributed by atoms with Crippen LogP contribution in [0.15, 0.2) is 18.2 Å². The van der Waals surface area contributed by atoms with Crippen LogP contribution in [0.2, 0.25) is 0 Å². The Kier molecular flexibility index (Phi) is 2.77. The molecule has 3 nitrogen and oxygen atoms in total. The van der Waals surface area contributed by atoms with Crippen molar-refractivity contribution in [2.24, 2.45) is 0 Å². The predicted molar refractivity (Wildman–Crippen MR) is 63.2 cm³/mol. The third kappa shape index (κ3) is 1.92. The summed E-state index contributed by atoms with van der Waals surface area (Å²) in [5, 5.41) is 0. The average Bonchev–Trinajstić information content (AvgIpc) is 2.75. The van der Waals surface area contributed by atoms with Crippen LogP contribution in [0.3, 0.4) is 0 Å². The molecule has 1 aromatic carbocycles. The molecule has 0 aliphatic carbocycles. The summed E-state index contributed by atoms with van der Waals surface area (Å²) in [4.78, 5) is 0.552. The summed E-state index contributed by atoms with van der Waals surface area (Å²) in [6.45, 7) is 1.14. The molecule has 0 spiro atoms. The Balaban J connectivity index is 1.83. The van der Waals surface area contributed by atoms with Crippen molar-refractivity contribution in [1.82, 2.24) is 0 Å². The predicted octanol–water partition coefficient (Wildman–Crippen LogP) is 3.03. The van der Waals surface area contributed by atoms with E-state index < -0.39 is 0 Å². The highest BCUT2D eigenvalue weighted by Gasteiger charge is 2.24. The van der Waals surface area contributed by atoms with E-state index in [0.717, 1.165) is 30.9 Å². The highest BCUT2D eigenvalue weighted by atomic mass is 79.9. The minimum atomic E-state index is 0.174. The molecular weight excluding hydrogens is 272 g/mol. The van der Waals surface area contributed by atoms with Gasteiger partial charge in [0.1, 0.15) is 0 Å². The van der Waals surface area contributed by atoms with Crippen LogP contribution in [-0.4, -0.2) is 18.2 Å². The monoisotopic (exact) mass is 284 g/mol. The molecule has 16 heavy (non-hydrogen) atoms. The van der Waals surface area contributed by atoms with Crippen LogP contribution in [0.1, 0.15) is 24.5 Å². The third-order valence-electron chi connectivity index (χ3n) is 2.99. The molecule has 2 aliphatic heterocycles. The van der Waals surface area contributed by atoms with E-state index in [-0.39, 0.29) is 6.10 Å². The van der Waals surface area contributed by atoms with Gasteiger partial charge in [-0.15, -0.1) is 0 Å². The summed E-state index contributed by atoms with van der Waals surface area (Å²) >= 11 is 3.65. The highest BCUT2D eigenvalue weighted by Crippen LogP contribution is 2.38. The Morgan fingerprint density at radius 3 is 2.94 bits per heavy atom. The van der Waals surface area contributed by atoms with Gasteiger partial charge in [0.2, 0.25) is 6.79 Å². The molecule has 0 saturated carbocycles. The molecule has 0 aromatic heterocycles. The SMILES string of the molecule is BrC1CCOC(c2ccc3c(c2)OCO3)C1. The normalized spacial score (nSPS) is 28.1. The number of rotatable bonds is 1. The maximum atomic E-state index is 5.77. The van der Waals surface area contributed by atoms with Gasteiger partial charge in [-0.05, 0) is 30.5 Å². The van der Waals surface area contributed by atoms with Gasteiger partial charge in [0.05, 0.1) is 6.10 Å². The van der Waals surface area contributed by atoms with Crippen molar-refractivity contribution in [3.05, 3.63) is 23.8 Å².